The van der Waals surface area contributed by atoms with E-state index in [0.717, 1.165) is 16.8 Å². The number of aromatic nitrogens is 2. The van der Waals surface area contributed by atoms with Crippen LogP contribution in [-0.2, 0) is 17.4 Å². The van der Waals surface area contributed by atoms with Crippen molar-refractivity contribution in [2.24, 2.45) is 7.05 Å². The number of carbonyl (C=O) groups excluding carboxylic acids is 2. The summed E-state index contributed by atoms with van der Waals surface area (Å²) in [5.74, 6) is -2.94. The summed E-state index contributed by atoms with van der Waals surface area (Å²) in [6.45, 7) is 1.25. The Balaban J connectivity index is 1.90. The molecule has 0 aliphatic heterocycles. The van der Waals surface area contributed by atoms with E-state index in [-0.39, 0.29) is 18.7 Å². The van der Waals surface area contributed by atoms with E-state index < -0.39 is 41.7 Å². The average Bonchev–Trinajstić information content (AvgIpc) is 3.06. The fraction of sp³-hybridized carbons (Fsp3) is 0.389. The van der Waals surface area contributed by atoms with Crippen LogP contribution < -0.4 is 10.6 Å². The molecule has 0 fully saturated rings. The third kappa shape index (κ3) is 5.11. The van der Waals surface area contributed by atoms with Crippen molar-refractivity contribution in [3.63, 3.8) is 0 Å². The summed E-state index contributed by atoms with van der Waals surface area (Å²) in [5, 5.41) is 14.7. The predicted molar refractivity (Wildman–Crippen MR) is 94.3 cm³/mol. The zero-order valence-electron chi connectivity index (χ0n) is 15.7. The van der Waals surface area contributed by atoms with Gasteiger partial charge in [-0.25, -0.2) is 9.37 Å². The molecule has 1 heterocycles. The van der Waals surface area contributed by atoms with Crippen LogP contribution in [0.5, 0.6) is 0 Å². The number of benzene rings is 1. The van der Waals surface area contributed by atoms with Gasteiger partial charge >= 0.3 is 6.18 Å². The Morgan fingerprint density at radius 1 is 1.21 bits per heavy atom. The van der Waals surface area contributed by atoms with Crippen LogP contribution in [-0.4, -0.2) is 45.7 Å². The zero-order valence-corrected chi connectivity index (χ0v) is 15.7. The van der Waals surface area contributed by atoms with Gasteiger partial charge < -0.3 is 20.3 Å². The van der Waals surface area contributed by atoms with Gasteiger partial charge in [0.05, 0.1) is 6.42 Å². The van der Waals surface area contributed by atoms with E-state index in [2.05, 4.69) is 15.6 Å². The van der Waals surface area contributed by atoms with Crippen molar-refractivity contribution in [2.45, 2.75) is 25.1 Å². The van der Waals surface area contributed by atoms with Gasteiger partial charge in [0.2, 0.25) is 11.5 Å². The summed E-state index contributed by atoms with van der Waals surface area (Å²) in [6.07, 6.45) is -4.13. The van der Waals surface area contributed by atoms with Crippen molar-refractivity contribution in [1.29, 1.82) is 0 Å². The molecule has 0 saturated heterocycles. The molecule has 1 aromatic heterocycles. The molecule has 0 saturated carbocycles. The molecular weight excluding hydrogens is 396 g/mol. The van der Waals surface area contributed by atoms with Gasteiger partial charge in [0.1, 0.15) is 5.82 Å². The Kier molecular flexibility index (Phi) is 6.62. The van der Waals surface area contributed by atoms with E-state index >= 15 is 0 Å². The van der Waals surface area contributed by atoms with Crippen LogP contribution in [0.2, 0.25) is 0 Å². The summed E-state index contributed by atoms with van der Waals surface area (Å²) in [7, 11) is 1.26. The number of hydrogen-bond donors (Lipinski definition) is 3. The topological polar surface area (TPSA) is 96.2 Å². The SMILES string of the molecule is Cc1ccc(C(=O)NCCNC(=O)CC(O)(c2nccn2C)C(F)(F)F)cc1F. The van der Waals surface area contributed by atoms with Crippen LogP contribution in [0.3, 0.4) is 0 Å². The second-order valence-electron chi connectivity index (χ2n) is 6.47. The van der Waals surface area contributed by atoms with Crippen LogP contribution in [0.1, 0.15) is 28.2 Å². The van der Waals surface area contributed by atoms with Crippen molar-refractivity contribution in [2.75, 3.05) is 13.1 Å². The molecule has 11 heteroatoms. The third-order valence-electron chi connectivity index (χ3n) is 4.24. The van der Waals surface area contributed by atoms with Gasteiger partial charge in [0.15, 0.2) is 5.82 Å². The number of halogens is 4. The Morgan fingerprint density at radius 2 is 1.86 bits per heavy atom. The van der Waals surface area contributed by atoms with Gasteiger partial charge in [-0.05, 0) is 24.6 Å². The second-order valence-corrected chi connectivity index (χ2v) is 6.47. The molecule has 0 radical (unpaired) electrons. The summed E-state index contributed by atoms with van der Waals surface area (Å²) < 4.78 is 54.6. The van der Waals surface area contributed by atoms with Crippen molar-refractivity contribution < 1.29 is 32.3 Å². The molecule has 0 spiro atoms. The molecule has 1 unspecified atom stereocenters. The maximum absolute atomic E-state index is 13.5. The van der Waals surface area contributed by atoms with Crippen LogP contribution in [0.25, 0.3) is 0 Å². The maximum atomic E-state index is 13.5. The van der Waals surface area contributed by atoms with Crippen LogP contribution >= 0.6 is 0 Å². The lowest BCUT2D eigenvalue weighted by molar-refractivity contribution is -0.271. The van der Waals surface area contributed by atoms with Gasteiger partial charge in [0, 0.05) is 38.1 Å². The number of amides is 2. The fourth-order valence-electron chi connectivity index (χ4n) is 2.58. The highest BCUT2D eigenvalue weighted by molar-refractivity contribution is 5.94. The standard InChI is InChI=1S/C18H20F4N4O3/c1-11-3-4-12(9-13(11)19)15(28)24-6-5-23-14(27)10-17(29,18(20,21)22)16-25-7-8-26(16)2/h3-4,7-9,29H,5-6,10H2,1-2H3,(H,23,27)(H,24,28). The molecule has 0 aliphatic carbocycles. The lowest BCUT2D eigenvalue weighted by Gasteiger charge is -2.29. The van der Waals surface area contributed by atoms with Crippen LogP contribution in [0.15, 0.2) is 30.6 Å². The average molecular weight is 416 g/mol. The monoisotopic (exact) mass is 416 g/mol. The Bertz CT molecular complexity index is 897. The van der Waals surface area contributed by atoms with Gasteiger partial charge in [-0.1, -0.05) is 6.07 Å². The molecule has 2 aromatic rings. The molecule has 3 N–H and O–H groups in total. The minimum absolute atomic E-state index is 0.0701. The smallest absolute Gasteiger partial charge is 0.374 e. The van der Waals surface area contributed by atoms with E-state index in [4.69, 9.17) is 0 Å². The maximum Gasteiger partial charge on any atom is 0.425 e. The first-order chi connectivity index (χ1) is 13.5. The van der Waals surface area contributed by atoms with E-state index in [9.17, 15) is 32.3 Å². The first-order valence-electron chi connectivity index (χ1n) is 8.53. The molecule has 0 bridgehead atoms. The Hall–Kier alpha value is -2.95. The number of nitrogens with zero attached hydrogens (tertiary/aromatic N) is 2. The molecular formula is C18H20F4N4O3. The third-order valence-corrected chi connectivity index (χ3v) is 4.24. The number of rotatable bonds is 7. The highest BCUT2D eigenvalue weighted by Gasteiger charge is 2.58. The molecule has 29 heavy (non-hydrogen) atoms. The fourth-order valence-corrected chi connectivity index (χ4v) is 2.58. The first-order valence-corrected chi connectivity index (χ1v) is 8.53. The normalized spacial score (nSPS) is 13.6. The molecule has 2 rings (SSSR count). The summed E-state index contributed by atoms with van der Waals surface area (Å²) in [4.78, 5) is 27.4. The van der Waals surface area contributed by atoms with Gasteiger partial charge in [-0.3, -0.25) is 9.59 Å². The summed E-state index contributed by atoms with van der Waals surface area (Å²) in [5.41, 5.74) is -3.02. The molecule has 2 amide bonds. The molecule has 158 valence electrons. The number of carbonyl (C=O) groups is 2. The molecule has 1 atom stereocenters. The van der Waals surface area contributed by atoms with Crippen molar-refractivity contribution in [3.8, 4) is 0 Å². The molecule has 0 aliphatic rings. The largest absolute Gasteiger partial charge is 0.425 e. The number of imidazole rings is 1. The van der Waals surface area contributed by atoms with Gasteiger partial charge in [0.25, 0.3) is 5.91 Å². The van der Waals surface area contributed by atoms with Gasteiger partial charge in [-0.15, -0.1) is 0 Å². The Labute approximate surface area is 163 Å². The molecule has 1 aromatic carbocycles. The van der Waals surface area contributed by atoms with E-state index in [1.54, 1.807) is 6.92 Å². The highest BCUT2D eigenvalue weighted by atomic mass is 19.4. The number of aryl methyl sites for hydroxylation is 2. The zero-order chi connectivity index (χ0) is 21.8. The van der Waals surface area contributed by atoms with Crippen LogP contribution in [0, 0.1) is 12.7 Å². The van der Waals surface area contributed by atoms with Crippen molar-refractivity contribution in [3.05, 3.63) is 53.4 Å². The van der Waals surface area contributed by atoms with Crippen molar-refractivity contribution in [1.82, 2.24) is 20.2 Å². The first kappa shape index (κ1) is 22.3. The number of hydrogen-bond acceptors (Lipinski definition) is 4. The van der Waals surface area contributed by atoms with E-state index in [0.29, 0.717) is 5.56 Å². The predicted octanol–water partition coefficient (Wildman–Crippen LogP) is 1.55. The lowest BCUT2D eigenvalue weighted by atomic mass is 9.97. The minimum Gasteiger partial charge on any atom is -0.374 e. The van der Waals surface area contributed by atoms with Crippen molar-refractivity contribution >= 4 is 11.8 Å². The molecule has 7 nitrogen and oxygen atoms in total. The van der Waals surface area contributed by atoms with Gasteiger partial charge in [-0.2, -0.15) is 13.2 Å². The lowest BCUT2D eigenvalue weighted by Crippen LogP contribution is -2.48. The Morgan fingerprint density at radius 3 is 2.41 bits per heavy atom. The van der Waals surface area contributed by atoms with Crippen LogP contribution in [0.4, 0.5) is 17.6 Å². The number of nitrogens with one attached hydrogen (secondary N) is 2. The minimum atomic E-state index is -5.13. The number of aliphatic hydroxyl groups is 1. The summed E-state index contributed by atoms with van der Waals surface area (Å²) >= 11 is 0. The number of alkyl halides is 3. The highest BCUT2D eigenvalue weighted by Crippen LogP contribution is 2.40. The quantitative estimate of drug-likeness (QED) is 0.472. The second kappa shape index (κ2) is 8.60. The van der Waals surface area contributed by atoms with E-state index in [1.165, 1.54) is 25.4 Å². The van der Waals surface area contributed by atoms with E-state index in [1.807, 2.05) is 0 Å². The summed E-state index contributed by atoms with van der Waals surface area (Å²) in [6, 6.07) is 3.91.